The van der Waals surface area contributed by atoms with Gasteiger partial charge in [-0.2, -0.15) is 5.26 Å². The SMILES string of the molecule is COc1cc(NC(=O)[C@@H](CC(C)C)NC(=O)OC(C)(C)C)c(C#N)cc1-c1cnco1. The molecule has 9 heteroatoms. The maximum atomic E-state index is 13.0. The lowest BCUT2D eigenvalue weighted by molar-refractivity contribution is -0.118. The summed E-state index contributed by atoms with van der Waals surface area (Å²) >= 11 is 0. The minimum Gasteiger partial charge on any atom is -0.496 e. The van der Waals surface area contributed by atoms with Crippen LogP contribution in [0, 0.1) is 17.2 Å². The standard InChI is InChI=1S/C22H28N4O5/c1-13(2)7-17(26-21(28)31-22(3,4)5)20(27)25-16-9-18(29-6)15(8-14(16)10-23)19-11-24-12-30-19/h8-9,11-13,17H,7H2,1-6H3,(H,25,27)(H,26,28)/t17-/m1/s1. The quantitative estimate of drug-likeness (QED) is 0.680. The molecule has 0 radical (unpaired) electrons. The van der Waals surface area contributed by atoms with E-state index in [1.165, 1.54) is 25.8 Å². The highest BCUT2D eigenvalue weighted by molar-refractivity contribution is 5.98. The van der Waals surface area contributed by atoms with Crippen LogP contribution >= 0.6 is 0 Å². The van der Waals surface area contributed by atoms with Crippen LogP contribution in [-0.4, -0.2) is 35.7 Å². The summed E-state index contributed by atoms with van der Waals surface area (Å²) in [6, 6.07) is 4.30. The van der Waals surface area contributed by atoms with E-state index < -0.39 is 23.6 Å². The van der Waals surface area contributed by atoms with Crippen molar-refractivity contribution in [2.45, 2.75) is 52.7 Å². The van der Waals surface area contributed by atoms with Crippen LogP contribution in [0.15, 0.2) is 29.1 Å². The third-order valence-electron chi connectivity index (χ3n) is 4.13. The van der Waals surface area contributed by atoms with E-state index in [9.17, 15) is 14.9 Å². The van der Waals surface area contributed by atoms with Crippen LogP contribution in [0.5, 0.6) is 5.75 Å². The second-order valence-electron chi connectivity index (χ2n) is 8.39. The smallest absolute Gasteiger partial charge is 0.408 e. The number of ether oxygens (including phenoxy) is 2. The number of alkyl carbamates (subject to hydrolysis) is 1. The Bertz CT molecular complexity index is 956. The van der Waals surface area contributed by atoms with Crippen molar-refractivity contribution in [2.24, 2.45) is 5.92 Å². The molecule has 1 aromatic heterocycles. The molecule has 0 saturated carbocycles. The number of aromatic nitrogens is 1. The van der Waals surface area contributed by atoms with E-state index in [-0.39, 0.29) is 17.2 Å². The number of carbonyl (C=O) groups is 2. The molecule has 0 aliphatic rings. The topological polar surface area (TPSA) is 126 Å². The van der Waals surface area contributed by atoms with Gasteiger partial charge in [-0.25, -0.2) is 9.78 Å². The Labute approximate surface area is 181 Å². The molecule has 0 aliphatic heterocycles. The van der Waals surface area contributed by atoms with E-state index in [1.54, 1.807) is 26.8 Å². The van der Waals surface area contributed by atoms with Crippen molar-refractivity contribution in [2.75, 3.05) is 12.4 Å². The van der Waals surface area contributed by atoms with E-state index in [1.807, 2.05) is 13.8 Å². The molecule has 0 saturated heterocycles. The largest absolute Gasteiger partial charge is 0.496 e. The first kappa shape index (κ1) is 23.7. The Morgan fingerprint density at radius 2 is 2.00 bits per heavy atom. The fourth-order valence-electron chi connectivity index (χ4n) is 2.86. The number of hydrogen-bond donors (Lipinski definition) is 2. The summed E-state index contributed by atoms with van der Waals surface area (Å²) in [6.07, 6.45) is 2.48. The monoisotopic (exact) mass is 428 g/mol. The normalized spacial score (nSPS) is 12.1. The summed E-state index contributed by atoms with van der Waals surface area (Å²) in [5, 5.41) is 14.9. The van der Waals surface area contributed by atoms with Gasteiger partial charge in [0.1, 0.15) is 23.5 Å². The molecule has 1 atom stereocenters. The first-order valence-electron chi connectivity index (χ1n) is 9.85. The van der Waals surface area contributed by atoms with E-state index >= 15 is 0 Å². The minimum atomic E-state index is -0.846. The predicted molar refractivity (Wildman–Crippen MR) is 114 cm³/mol. The molecule has 2 aromatic rings. The maximum Gasteiger partial charge on any atom is 0.408 e. The molecular formula is C22H28N4O5. The number of nitrogens with one attached hydrogen (secondary N) is 2. The van der Waals surface area contributed by atoms with Crippen molar-refractivity contribution in [1.82, 2.24) is 10.3 Å². The molecule has 1 heterocycles. The number of hydrogen-bond acceptors (Lipinski definition) is 7. The molecule has 31 heavy (non-hydrogen) atoms. The maximum absolute atomic E-state index is 13.0. The summed E-state index contributed by atoms with van der Waals surface area (Å²) < 4.78 is 16.0. The van der Waals surface area contributed by atoms with Crippen molar-refractivity contribution < 1.29 is 23.5 Å². The van der Waals surface area contributed by atoms with Crippen LogP contribution < -0.4 is 15.4 Å². The molecule has 0 fully saturated rings. The Morgan fingerprint density at radius 1 is 1.29 bits per heavy atom. The van der Waals surface area contributed by atoms with Crippen molar-refractivity contribution in [1.29, 1.82) is 5.26 Å². The molecule has 9 nitrogen and oxygen atoms in total. The number of methoxy groups -OCH3 is 1. The van der Waals surface area contributed by atoms with Gasteiger partial charge in [-0.3, -0.25) is 4.79 Å². The minimum absolute atomic E-state index is 0.129. The van der Waals surface area contributed by atoms with Gasteiger partial charge < -0.3 is 24.5 Å². The van der Waals surface area contributed by atoms with Crippen molar-refractivity contribution in [3.05, 3.63) is 30.3 Å². The molecule has 1 aromatic carbocycles. The van der Waals surface area contributed by atoms with Crippen LogP contribution in [0.25, 0.3) is 11.3 Å². The Hall–Kier alpha value is -3.54. The molecule has 2 N–H and O–H groups in total. The van der Waals surface area contributed by atoms with Gasteiger partial charge in [0.25, 0.3) is 0 Å². The summed E-state index contributed by atoms with van der Waals surface area (Å²) in [5.41, 5.74) is 0.300. The number of amides is 2. The van der Waals surface area contributed by atoms with E-state index in [0.717, 1.165) is 0 Å². The highest BCUT2D eigenvalue weighted by atomic mass is 16.6. The zero-order valence-corrected chi connectivity index (χ0v) is 18.6. The van der Waals surface area contributed by atoms with E-state index in [0.29, 0.717) is 23.5 Å². The lowest BCUT2D eigenvalue weighted by Crippen LogP contribution is -2.46. The van der Waals surface area contributed by atoms with Gasteiger partial charge in [-0.05, 0) is 39.2 Å². The van der Waals surface area contributed by atoms with E-state index in [2.05, 4.69) is 21.7 Å². The number of carbonyl (C=O) groups excluding carboxylic acids is 2. The lowest BCUT2D eigenvalue weighted by atomic mass is 10.0. The van der Waals surface area contributed by atoms with Gasteiger partial charge in [0.05, 0.1) is 30.1 Å². The van der Waals surface area contributed by atoms with Gasteiger partial charge in [0.15, 0.2) is 12.2 Å². The average molecular weight is 428 g/mol. The molecule has 0 aliphatic carbocycles. The van der Waals surface area contributed by atoms with Gasteiger partial charge in [0.2, 0.25) is 5.91 Å². The van der Waals surface area contributed by atoms with Crippen LogP contribution in [-0.2, 0) is 9.53 Å². The molecule has 2 rings (SSSR count). The number of oxazole rings is 1. The van der Waals surface area contributed by atoms with Gasteiger partial charge in [-0.1, -0.05) is 13.8 Å². The molecular weight excluding hydrogens is 400 g/mol. The van der Waals surface area contributed by atoms with Crippen LogP contribution in [0.4, 0.5) is 10.5 Å². The molecule has 2 amide bonds. The number of nitrogens with zero attached hydrogens (tertiary/aromatic N) is 2. The Balaban J connectivity index is 2.30. The van der Waals surface area contributed by atoms with Crippen molar-refractivity contribution in [3.8, 4) is 23.1 Å². The highest BCUT2D eigenvalue weighted by Gasteiger charge is 2.26. The summed E-state index contributed by atoms with van der Waals surface area (Å²) in [6.45, 7) is 9.10. The summed E-state index contributed by atoms with van der Waals surface area (Å²) in [5.74, 6) is 0.483. The highest BCUT2D eigenvalue weighted by Crippen LogP contribution is 2.35. The van der Waals surface area contributed by atoms with E-state index in [4.69, 9.17) is 13.9 Å². The Kier molecular flexibility index (Phi) is 7.64. The number of nitriles is 1. The molecule has 0 unspecified atom stereocenters. The van der Waals surface area contributed by atoms with Crippen molar-refractivity contribution >= 4 is 17.7 Å². The average Bonchev–Trinajstić information content (AvgIpc) is 3.19. The fraction of sp³-hybridized carbons (Fsp3) is 0.455. The first-order chi connectivity index (χ1) is 14.5. The molecule has 0 bridgehead atoms. The second kappa shape index (κ2) is 9.98. The third-order valence-corrected chi connectivity index (χ3v) is 4.13. The number of anilines is 1. The zero-order chi connectivity index (χ0) is 23.2. The number of benzene rings is 1. The van der Waals surface area contributed by atoms with Crippen LogP contribution in [0.2, 0.25) is 0 Å². The third kappa shape index (κ3) is 6.74. The van der Waals surface area contributed by atoms with Gasteiger partial charge in [0, 0.05) is 6.07 Å². The van der Waals surface area contributed by atoms with Gasteiger partial charge >= 0.3 is 6.09 Å². The van der Waals surface area contributed by atoms with Crippen LogP contribution in [0.3, 0.4) is 0 Å². The van der Waals surface area contributed by atoms with Gasteiger partial charge in [-0.15, -0.1) is 0 Å². The number of rotatable bonds is 7. The first-order valence-corrected chi connectivity index (χ1v) is 9.85. The zero-order valence-electron chi connectivity index (χ0n) is 18.6. The lowest BCUT2D eigenvalue weighted by Gasteiger charge is -2.24. The predicted octanol–water partition coefficient (Wildman–Crippen LogP) is 4.10. The summed E-state index contributed by atoms with van der Waals surface area (Å²) in [4.78, 5) is 29.1. The second-order valence-corrected chi connectivity index (χ2v) is 8.39. The molecule has 166 valence electrons. The summed E-state index contributed by atoms with van der Waals surface area (Å²) in [7, 11) is 1.47. The van der Waals surface area contributed by atoms with Crippen LogP contribution in [0.1, 0.15) is 46.6 Å². The molecule has 0 spiro atoms. The fourth-order valence-corrected chi connectivity index (χ4v) is 2.86. The Morgan fingerprint density at radius 3 is 2.52 bits per heavy atom. The van der Waals surface area contributed by atoms with Crippen molar-refractivity contribution in [3.63, 3.8) is 0 Å².